The Morgan fingerprint density at radius 3 is 1.13 bits per heavy atom. The second-order valence-corrected chi connectivity index (χ2v) is 1.05. The minimum absolute atomic E-state index is 0. The van der Waals surface area contributed by atoms with Gasteiger partial charge in [-0.3, -0.25) is 4.79 Å². The second-order valence-electron chi connectivity index (χ2n) is 1.05. The van der Waals surface area contributed by atoms with Crippen LogP contribution in [0.25, 0.3) is 0 Å². The summed E-state index contributed by atoms with van der Waals surface area (Å²) in [5.41, 5.74) is 4.57. The number of carboxylic acids is 1. The van der Waals surface area contributed by atoms with Crippen LogP contribution in [-0.4, -0.2) is 27.8 Å². The smallest absolute Gasteiger partial charge is 0.317 e. The Kier molecular flexibility index (Phi) is 44.2. The van der Waals surface area contributed by atoms with Crippen LogP contribution in [-0.2, 0) is 4.79 Å². The molecular weight excluding hydrogens is 222 g/mol. The van der Waals surface area contributed by atoms with E-state index in [0.717, 1.165) is 0 Å². The third-order valence-electron chi connectivity index (χ3n) is 0.175. The molecule has 0 unspecified atom stereocenters. The quantitative estimate of drug-likeness (QED) is 0.329. The zero-order valence-electron chi connectivity index (χ0n) is 7.98. The lowest BCUT2D eigenvalue weighted by Crippen LogP contribution is -2.10. The van der Waals surface area contributed by atoms with Gasteiger partial charge >= 0.3 is 5.97 Å². The molecule has 0 aliphatic carbocycles. The summed E-state index contributed by atoms with van der Waals surface area (Å²) >= 11 is 0. The van der Waals surface area contributed by atoms with Gasteiger partial charge in [0.05, 0.1) is 16.7 Å². The van der Waals surface area contributed by atoms with Gasteiger partial charge in [0.2, 0.25) is 0 Å². The highest BCUT2D eigenvalue weighted by Gasteiger charge is 1.81. The van der Waals surface area contributed by atoms with Crippen molar-refractivity contribution >= 4 is 5.97 Å². The molecule has 0 fully saturated rings. The topological polar surface area (TPSA) is 269 Å². The molecule has 0 aliphatic heterocycles. The lowest BCUT2D eigenvalue weighted by molar-refractivity contribution is -0.403. The number of nitrogens with zero attached hydrogens (tertiary/aromatic N) is 2. The van der Waals surface area contributed by atoms with Gasteiger partial charge in [0, 0.05) is 0 Å². The van der Waals surface area contributed by atoms with Crippen molar-refractivity contribution in [3.8, 4) is 0 Å². The molecule has 0 spiro atoms. The fourth-order valence-electron chi connectivity index (χ4n) is 0. The highest BCUT2D eigenvalue weighted by molar-refractivity contribution is 5.68. The molecule has 15 heavy (non-hydrogen) atoms. The highest BCUT2D eigenvalue weighted by Crippen LogP contribution is 1.45. The van der Waals surface area contributed by atoms with Crippen LogP contribution in [0.5, 0.6) is 0 Å². The van der Waals surface area contributed by atoms with Gasteiger partial charge in [-0.1, -0.05) is 0 Å². The molecule has 0 aliphatic rings. The number of quaternary nitrogens is 2. The Morgan fingerprint density at radius 1 is 1.07 bits per heavy atom. The zero-order chi connectivity index (χ0) is 11.4. The van der Waals surface area contributed by atoms with E-state index in [4.69, 9.17) is 35.7 Å². The maximum absolute atomic E-state index is 9.24. The minimum atomic E-state index is -1.75. The average molecular weight is 235 g/mol. The first kappa shape index (κ1) is 29.3. The number of nitrogens with two attached hydrogens (primary N) is 1. The molecule has 94 valence electrons. The summed E-state index contributed by atoms with van der Waals surface area (Å²) in [6.45, 7) is -0.278. The summed E-state index contributed by atoms with van der Waals surface area (Å²) in [5.74, 6) is -0.968. The van der Waals surface area contributed by atoms with Gasteiger partial charge in [0.1, 0.15) is 0 Å². The molecule has 0 amide bonds. The van der Waals surface area contributed by atoms with Gasteiger partial charge in [-0.2, -0.15) is 0 Å². The molecule has 0 aromatic carbocycles. The molecule has 0 saturated carbocycles. The van der Waals surface area contributed by atoms with Crippen LogP contribution >= 0.6 is 0 Å². The third-order valence-corrected chi connectivity index (χ3v) is 0.175. The lowest BCUT2D eigenvalue weighted by atomic mass is 10.7. The highest BCUT2D eigenvalue weighted by atomic mass is 16.9. The summed E-state index contributed by atoms with van der Waals surface area (Å²) in [7, 11) is 0. The van der Waals surface area contributed by atoms with Crippen molar-refractivity contribution in [2.75, 3.05) is 6.54 Å². The third kappa shape index (κ3) is 17900. The van der Waals surface area contributed by atoms with E-state index in [1.54, 1.807) is 0 Å². The largest absolute Gasteiger partial charge is 0.480 e. The van der Waals surface area contributed by atoms with Gasteiger partial charge in [0.25, 0.3) is 0 Å². The van der Waals surface area contributed by atoms with Crippen molar-refractivity contribution in [3.05, 3.63) is 30.6 Å². The minimum Gasteiger partial charge on any atom is -0.480 e. The van der Waals surface area contributed by atoms with Crippen molar-refractivity contribution in [1.82, 2.24) is 12.3 Å². The van der Waals surface area contributed by atoms with Gasteiger partial charge < -0.3 is 53.8 Å². The first-order valence-electron chi connectivity index (χ1n) is 2.28. The molecular formula is C2H13N5O8. The normalized spacial score (nSPS) is 5.67. The molecule has 0 radical (unpaired) electrons. The van der Waals surface area contributed by atoms with Gasteiger partial charge in [0.15, 0.2) is 0 Å². The summed E-state index contributed by atoms with van der Waals surface area (Å²) in [5, 5.41) is 37.1. The van der Waals surface area contributed by atoms with E-state index in [0.29, 0.717) is 0 Å². The standard InChI is InChI=1S/C2H5NO2.2NO3.2H3N/c3-1-2(4)5;2*2-1(3)4;;/h1,3H2,(H,4,5);;;2*1H3/q;2*-1;;/p+2. The molecule has 11 N–H and O–H groups in total. The van der Waals surface area contributed by atoms with Crippen molar-refractivity contribution in [2.45, 2.75) is 0 Å². The van der Waals surface area contributed by atoms with Crippen LogP contribution in [0.2, 0.25) is 0 Å². The molecule has 0 bridgehead atoms. The molecule has 13 nitrogen and oxygen atoms in total. The van der Waals surface area contributed by atoms with Crippen molar-refractivity contribution < 1.29 is 20.1 Å². The number of carboxylic acid groups (broad SMARTS) is 1. The molecule has 0 aromatic rings. The van der Waals surface area contributed by atoms with Crippen LogP contribution in [0.3, 0.4) is 0 Å². The van der Waals surface area contributed by atoms with E-state index in [1.807, 2.05) is 0 Å². The second kappa shape index (κ2) is 22.6. The van der Waals surface area contributed by atoms with Crippen LogP contribution in [0.1, 0.15) is 0 Å². The summed E-state index contributed by atoms with van der Waals surface area (Å²) in [6, 6.07) is 0. The lowest BCUT2D eigenvalue weighted by Gasteiger charge is -1.74. The first-order valence-corrected chi connectivity index (χ1v) is 2.28. The molecule has 0 atom stereocenters. The van der Waals surface area contributed by atoms with Gasteiger partial charge in [-0.05, 0) is 0 Å². The Hall–Kier alpha value is -2.25. The Bertz CT molecular complexity index is 150. The monoisotopic (exact) mass is 235 g/mol. The van der Waals surface area contributed by atoms with Crippen molar-refractivity contribution in [3.63, 3.8) is 0 Å². The van der Waals surface area contributed by atoms with E-state index < -0.39 is 16.1 Å². The van der Waals surface area contributed by atoms with E-state index >= 15 is 0 Å². The summed E-state index contributed by atoms with van der Waals surface area (Å²) < 4.78 is 0. The predicted octanol–water partition coefficient (Wildman–Crippen LogP) is -0.696. The average Bonchev–Trinajstić information content (AvgIpc) is 1.84. The van der Waals surface area contributed by atoms with E-state index in [9.17, 15) is 4.79 Å². The molecule has 0 heterocycles. The Balaban J connectivity index is -0.0000000315. The Morgan fingerprint density at radius 2 is 1.13 bits per heavy atom. The number of carbonyl (C=O) groups is 1. The Labute approximate surface area is 82.5 Å². The number of hydrogen-bond donors (Lipinski definition) is 4. The maximum atomic E-state index is 9.24. The van der Waals surface area contributed by atoms with E-state index in [-0.39, 0.29) is 18.8 Å². The maximum Gasteiger partial charge on any atom is 0.317 e. The van der Waals surface area contributed by atoms with Crippen LogP contribution in [0.15, 0.2) is 0 Å². The van der Waals surface area contributed by atoms with Crippen molar-refractivity contribution in [1.29, 1.82) is 0 Å². The summed E-state index contributed by atoms with van der Waals surface area (Å²) in [4.78, 5) is 25.7. The molecule has 13 heteroatoms. The fraction of sp³-hybridized carbons (Fsp3) is 0.500. The van der Waals surface area contributed by atoms with Crippen LogP contribution in [0, 0.1) is 30.6 Å². The number of hydrogen-bond acceptors (Lipinski definition) is 8. The van der Waals surface area contributed by atoms with Crippen molar-refractivity contribution in [2.24, 2.45) is 5.73 Å². The number of aliphatic carboxylic acids is 1. The van der Waals surface area contributed by atoms with E-state index in [1.165, 1.54) is 0 Å². The first-order chi connectivity index (χ1) is 5.73. The predicted molar refractivity (Wildman–Crippen MR) is 49.4 cm³/mol. The van der Waals surface area contributed by atoms with E-state index in [2.05, 4.69) is 5.73 Å². The molecule has 0 rings (SSSR count). The van der Waals surface area contributed by atoms with Gasteiger partial charge in [-0.15, -0.1) is 0 Å². The summed E-state index contributed by atoms with van der Waals surface area (Å²) in [6.07, 6.45) is 0. The molecule has 0 aromatic heterocycles. The molecule has 0 saturated heterocycles. The fourth-order valence-corrected chi connectivity index (χ4v) is 0. The van der Waals surface area contributed by atoms with Crippen LogP contribution in [0.4, 0.5) is 0 Å². The van der Waals surface area contributed by atoms with Gasteiger partial charge in [-0.25, -0.2) is 0 Å². The van der Waals surface area contributed by atoms with Crippen LogP contribution < -0.4 is 18.0 Å². The zero-order valence-corrected chi connectivity index (χ0v) is 7.98. The SMILES string of the molecule is NCC(=O)O.O=[N+]([O-])[O-].O=[N+]([O-])[O-].[NH4+].[NH4+]. The number of rotatable bonds is 1.